The van der Waals surface area contributed by atoms with Gasteiger partial charge in [0.05, 0.1) is 0 Å². The Labute approximate surface area is 158 Å². The van der Waals surface area contributed by atoms with Crippen LogP contribution in [-0.2, 0) is 25.5 Å². The van der Waals surface area contributed by atoms with Crippen LogP contribution in [0.4, 0.5) is 0 Å². The molecular formula is C24H20O3. The summed E-state index contributed by atoms with van der Waals surface area (Å²) >= 11 is 0. The van der Waals surface area contributed by atoms with Gasteiger partial charge in [-0.3, -0.25) is 0 Å². The fourth-order valence-corrected chi connectivity index (χ4v) is 4.54. The summed E-state index contributed by atoms with van der Waals surface area (Å²) in [6.07, 6.45) is 0. The van der Waals surface area contributed by atoms with Crippen LogP contribution < -0.4 is 0 Å². The molecule has 2 heterocycles. The lowest BCUT2D eigenvalue weighted by Crippen LogP contribution is -2.42. The van der Waals surface area contributed by atoms with E-state index in [0.29, 0.717) is 0 Å². The second-order valence-corrected chi connectivity index (χ2v) is 7.49. The van der Waals surface area contributed by atoms with Gasteiger partial charge in [0.2, 0.25) is 5.60 Å². The van der Waals surface area contributed by atoms with Crippen LogP contribution in [0.5, 0.6) is 0 Å². The largest absolute Gasteiger partial charge is 0.443 e. The van der Waals surface area contributed by atoms with Crippen LogP contribution in [0.25, 0.3) is 0 Å². The van der Waals surface area contributed by atoms with Crippen molar-refractivity contribution in [3.05, 3.63) is 107 Å². The third-order valence-electron chi connectivity index (χ3n) is 5.94. The van der Waals surface area contributed by atoms with Crippen molar-refractivity contribution in [2.45, 2.75) is 30.7 Å². The van der Waals surface area contributed by atoms with Gasteiger partial charge in [0.1, 0.15) is 0 Å². The maximum atomic E-state index is 13.0. The molecule has 3 aromatic rings. The third kappa shape index (κ3) is 1.87. The first-order valence-electron chi connectivity index (χ1n) is 9.16. The number of benzene rings is 3. The molecule has 27 heavy (non-hydrogen) atoms. The number of carbonyl (C=O) groups excluding carboxylic acids is 1. The predicted molar refractivity (Wildman–Crippen MR) is 102 cm³/mol. The van der Waals surface area contributed by atoms with Crippen molar-refractivity contribution in [1.82, 2.24) is 0 Å². The van der Waals surface area contributed by atoms with E-state index in [1.165, 1.54) is 0 Å². The van der Waals surface area contributed by atoms with Crippen molar-refractivity contribution in [3.8, 4) is 0 Å². The second-order valence-electron chi connectivity index (χ2n) is 7.49. The average molecular weight is 356 g/mol. The molecule has 3 aromatic carbocycles. The van der Waals surface area contributed by atoms with Crippen molar-refractivity contribution >= 4 is 5.97 Å². The molecule has 2 unspecified atom stereocenters. The number of epoxide rings is 1. The van der Waals surface area contributed by atoms with E-state index in [9.17, 15) is 4.79 Å². The van der Waals surface area contributed by atoms with Gasteiger partial charge < -0.3 is 9.47 Å². The Morgan fingerprint density at radius 2 is 1.22 bits per heavy atom. The van der Waals surface area contributed by atoms with Gasteiger partial charge >= 0.3 is 5.97 Å². The molecule has 0 saturated carbocycles. The van der Waals surface area contributed by atoms with Crippen molar-refractivity contribution in [2.24, 2.45) is 0 Å². The Balaban J connectivity index is 1.85. The predicted octanol–water partition coefficient (Wildman–Crippen LogP) is 4.48. The first kappa shape index (κ1) is 16.3. The molecule has 0 aromatic heterocycles. The van der Waals surface area contributed by atoms with E-state index in [2.05, 4.69) is 12.1 Å². The van der Waals surface area contributed by atoms with Crippen LogP contribution in [0, 0.1) is 6.92 Å². The van der Waals surface area contributed by atoms with Gasteiger partial charge in [-0.2, -0.15) is 0 Å². The second kappa shape index (κ2) is 5.30. The number of hydrogen-bond acceptors (Lipinski definition) is 3. The molecule has 2 aliphatic rings. The Morgan fingerprint density at radius 3 is 1.70 bits per heavy atom. The molecule has 0 aliphatic carbocycles. The minimum atomic E-state index is -1.03. The van der Waals surface area contributed by atoms with Crippen LogP contribution in [0.3, 0.4) is 0 Å². The first-order chi connectivity index (χ1) is 13.0. The number of esters is 1. The zero-order valence-corrected chi connectivity index (χ0v) is 15.3. The monoisotopic (exact) mass is 356 g/mol. The molecule has 3 heteroatoms. The molecule has 2 saturated heterocycles. The summed E-state index contributed by atoms with van der Waals surface area (Å²) in [5.41, 5.74) is 0.998. The normalized spacial score (nSPS) is 27.7. The summed E-state index contributed by atoms with van der Waals surface area (Å²) in [5.74, 6) is -0.323. The van der Waals surface area contributed by atoms with Crippen LogP contribution in [0.15, 0.2) is 84.9 Å². The molecule has 0 radical (unpaired) electrons. The summed E-state index contributed by atoms with van der Waals surface area (Å²) in [7, 11) is 0. The van der Waals surface area contributed by atoms with E-state index in [0.717, 1.165) is 22.3 Å². The summed E-state index contributed by atoms with van der Waals surface area (Å²) in [6.45, 7) is 3.88. The quantitative estimate of drug-likeness (QED) is 0.513. The molecule has 0 bridgehead atoms. The van der Waals surface area contributed by atoms with Crippen molar-refractivity contribution in [1.29, 1.82) is 0 Å². The molecule has 0 amide bonds. The number of fused-ring (bicyclic) bond motifs is 1. The lowest BCUT2D eigenvalue weighted by molar-refractivity contribution is -0.164. The molecule has 0 N–H and O–H groups in total. The molecule has 3 nitrogen and oxygen atoms in total. The average Bonchev–Trinajstić information content (AvgIpc) is 3.31. The van der Waals surface area contributed by atoms with E-state index >= 15 is 0 Å². The van der Waals surface area contributed by atoms with Gasteiger partial charge in [0.15, 0.2) is 11.2 Å². The van der Waals surface area contributed by atoms with Crippen LogP contribution in [-0.4, -0.2) is 11.6 Å². The van der Waals surface area contributed by atoms with Crippen LogP contribution in [0.2, 0.25) is 0 Å². The van der Waals surface area contributed by atoms with Gasteiger partial charge in [0.25, 0.3) is 0 Å². The van der Waals surface area contributed by atoms with Gasteiger partial charge in [-0.05, 0) is 19.4 Å². The maximum absolute atomic E-state index is 13.0. The molecule has 0 spiro atoms. The number of aryl methyl sites for hydroxylation is 1. The smallest absolute Gasteiger partial charge is 0.343 e. The number of carbonyl (C=O) groups is 1. The summed E-state index contributed by atoms with van der Waals surface area (Å²) in [4.78, 5) is 13.0. The highest BCUT2D eigenvalue weighted by molar-refractivity contribution is 5.91. The molecule has 5 rings (SSSR count). The minimum Gasteiger partial charge on any atom is -0.443 e. The van der Waals surface area contributed by atoms with Gasteiger partial charge in [0, 0.05) is 11.1 Å². The molecule has 2 aliphatic heterocycles. The fourth-order valence-electron chi connectivity index (χ4n) is 4.54. The highest BCUT2D eigenvalue weighted by Crippen LogP contribution is 2.72. The Hall–Kier alpha value is -2.91. The minimum absolute atomic E-state index is 0.323. The van der Waals surface area contributed by atoms with Crippen LogP contribution >= 0.6 is 0 Å². The Morgan fingerprint density at radius 1 is 0.704 bits per heavy atom. The summed E-state index contributed by atoms with van der Waals surface area (Å²) in [6, 6.07) is 28.0. The summed E-state index contributed by atoms with van der Waals surface area (Å²) in [5, 5.41) is 0. The van der Waals surface area contributed by atoms with E-state index in [1.807, 2.05) is 86.6 Å². The van der Waals surface area contributed by atoms with E-state index in [-0.39, 0.29) is 5.97 Å². The standard InChI is InChI=1S/C24H20O3/c1-17-13-15-20(16-14-17)24-22(2,27-24)21(25)26-23(24,18-9-5-3-6-10-18)19-11-7-4-8-12-19/h3-16H,1-2H3. The molecular weight excluding hydrogens is 336 g/mol. The van der Waals surface area contributed by atoms with Crippen molar-refractivity contribution in [3.63, 3.8) is 0 Å². The van der Waals surface area contributed by atoms with Gasteiger partial charge in [-0.15, -0.1) is 0 Å². The SMILES string of the molecule is Cc1ccc(C23OC2(C)C(=O)OC3(c2ccccc2)c2ccccc2)cc1. The van der Waals surface area contributed by atoms with Gasteiger partial charge in [-0.1, -0.05) is 90.5 Å². The fraction of sp³-hybridized carbons (Fsp3) is 0.208. The number of rotatable bonds is 3. The Bertz CT molecular complexity index is 971. The van der Waals surface area contributed by atoms with Crippen LogP contribution in [0.1, 0.15) is 29.2 Å². The topological polar surface area (TPSA) is 38.8 Å². The molecule has 2 fully saturated rings. The van der Waals surface area contributed by atoms with Crippen molar-refractivity contribution in [2.75, 3.05) is 0 Å². The summed E-state index contributed by atoms with van der Waals surface area (Å²) < 4.78 is 12.5. The van der Waals surface area contributed by atoms with E-state index in [1.54, 1.807) is 0 Å². The molecule has 2 atom stereocenters. The number of hydrogen-bond donors (Lipinski definition) is 0. The van der Waals surface area contributed by atoms with E-state index < -0.39 is 16.8 Å². The zero-order valence-electron chi connectivity index (χ0n) is 15.3. The highest BCUT2D eigenvalue weighted by Gasteiger charge is 2.89. The zero-order chi connectivity index (χ0) is 18.7. The van der Waals surface area contributed by atoms with Gasteiger partial charge in [-0.25, -0.2) is 4.79 Å². The maximum Gasteiger partial charge on any atom is 0.343 e. The molecule has 134 valence electrons. The van der Waals surface area contributed by atoms with Crippen molar-refractivity contribution < 1.29 is 14.3 Å². The third-order valence-corrected chi connectivity index (χ3v) is 5.94. The lowest BCUT2D eigenvalue weighted by Gasteiger charge is -2.36. The number of ether oxygens (including phenoxy) is 2. The van der Waals surface area contributed by atoms with E-state index in [4.69, 9.17) is 9.47 Å². The first-order valence-corrected chi connectivity index (χ1v) is 9.16. The lowest BCUT2D eigenvalue weighted by atomic mass is 9.69. The highest BCUT2D eigenvalue weighted by atomic mass is 16.7. The Kier molecular flexibility index (Phi) is 3.20. The number of cyclic esters (lactones) is 1.